The number of hydrogen-bond acceptors (Lipinski definition) is 5. The molecule has 0 aliphatic heterocycles. The molecule has 0 saturated carbocycles. The second-order valence-electron chi connectivity index (χ2n) is 11.4. The molecule has 0 spiro atoms. The van der Waals surface area contributed by atoms with Gasteiger partial charge in [-0.1, -0.05) is 90.1 Å². The fourth-order valence-electron chi connectivity index (χ4n) is 6.60. The highest BCUT2D eigenvalue weighted by atomic mass is 19.1. The summed E-state index contributed by atoms with van der Waals surface area (Å²) in [5, 5.41) is 9.54. The highest BCUT2D eigenvalue weighted by Gasteiger charge is 2.44. The van der Waals surface area contributed by atoms with E-state index in [4.69, 9.17) is 9.62 Å². The first-order chi connectivity index (χ1) is 22.6. The zero-order valence-electron chi connectivity index (χ0n) is 25.0. The quantitative estimate of drug-likeness (QED) is 0.183. The number of imidazole rings is 1. The smallest absolute Gasteiger partial charge is 0.223 e. The van der Waals surface area contributed by atoms with Gasteiger partial charge >= 0.3 is 0 Å². The van der Waals surface area contributed by atoms with Gasteiger partial charge in [-0.15, -0.1) is 0 Å². The normalized spacial score (nSPS) is 14.7. The number of hydrogen-bond donors (Lipinski definition) is 0. The highest BCUT2D eigenvalue weighted by molar-refractivity contribution is 5.81. The number of rotatable bonds is 7. The summed E-state index contributed by atoms with van der Waals surface area (Å²) in [7, 11) is 0. The van der Waals surface area contributed by atoms with E-state index >= 15 is 0 Å². The molecule has 7 nitrogen and oxygen atoms in total. The zero-order chi connectivity index (χ0) is 31.1. The van der Waals surface area contributed by atoms with Crippen LogP contribution in [0.5, 0.6) is 0 Å². The van der Waals surface area contributed by atoms with Crippen molar-refractivity contribution in [3.05, 3.63) is 163 Å². The molecule has 46 heavy (non-hydrogen) atoms. The molecular weight excluding hydrogens is 575 g/mol. The molecule has 224 valence electrons. The lowest BCUT2D eigenvalue weighted by atomic mass is 9.70. The second kappa shape index (κ2) is 11.2. The summed E-state index contributed by atoms with van der Waals surface area (Å²) in [5.41, 5.74) is 6.35. The summed E-state index contributed by atoms with van der Waals surface area (Å²) in [6, 6.07) is 31.6. The van der Waals surface area contributed by atoms with E-state index in [-0.39, 0.29) is 11.7 Å². The van der Waals surface area contributed by atoms with E-state index in [9.17, 15) is 4.39 Å². The van der Waals surface area contributed by atoms with E-state index in [1.165, 1.54) is 12.1 Å². The lowest BCUT2D eigenvalue weighted by Gasteiger charge is -2.41. The van der Waals surface area contributed by atoms with Crippen LogP contribution < -0.4 is 0 Å². The van der Waals surface area contributed by atoms with Crippen LogP contribution in [0, 0.1) is 18.7 Å². The fraction of sp³-hybridized carbons (Fsp3) is 0.105. The summed E-state index contributed by atoms with van der Waals surface area (Å²) in [6.07, 6.45) is 15.4. The number of pyridine rings is 1. The van der Waals surface area contributed by atoms with Crippen molar-refractivity contribution < 1.29 is 8.91 Å². The maximum atomic E-state index is 14.2. The molecular formula is C38H29FN6O. The molecule has 1 unspecified atom stereocenters. The van der Waals surface area contributed by atoms with Gasteiger partial charge in [0.1, 0.15) is 28.4 Å². The molecule has 7 aromatic rings. The van der Waals surface area contributed by atoms with Gasteiger partial charge in [0.25, 0.3) is 0 Å². The molecule has 0 bridgehead atoms. The van der Waals surface area contributed by atoms with Crippen LogP contribution in [-0.2, 0) is 5.54 Å². The maximum Gasteiger partial charge on any atom is 0.223 e. The summed E-state index contributed by atoms with van der Waals surface area (Å²) >= 11 is 0. The molecule has 0 amide bonds. The third kappa shape index (κ3) is 4.57. The van der Waals surface area contributed by atoms with E-state index < -0.39 is 5.54 Å². The number of benzene rings is 3. The second-order valence-corrected chi connectivity index (χ2v) is 11.4. The van der Waals surface area contributed by atoms with Crippen molar-refractivity contribution in [3.63, 3.8) is 0 Å². The molecule has 0 saturated heterocycles. The molecule has 4 aromatic heterocycles. The molecule has 8 rings (SSSR count). The average Bonchev–Trinajstić information content (AvgIpc) is 3.85. The maximum absolute atomic E-state index is 14.2. The third-order valence-electron chi connectivity index (χ3n) is 8.71. The van der Waals surface area contributed by atoms with Crippen LogP contribution in [0.25, 0.3) is 39.5 Å². The monoisotopic (exact) mass is 604 g/mol. The van der Waals surface area contributed by atoms with Crippen LogP contribution in [0.1, 0.15) is 23.4 Å². The van der Waals surface area contributed by atoms with Crippen molar-refractivity contribution in [1.82, 2.24) is 29.3 Å². The molecule has 0 fully saturated rings. The van der Waals surface area contributed by atoms with Gasteiger partial charge in [0.05, 0.1) is 6.20 Å². The molecule has 0 N–H and O–H groups in total. The van der Waals surface area contributed by atoms with Crippen LogP contribution >= 0.6 is 0 Å². The number of allylic oxidation sites excluding steroid dienone is 4. The Morgan fingerprint density at radius 2 is 1.54 bits per heavy atom. The summed E-state index contributed by atoms with van der Waals surface area (Å²) in [4.78, 5) is 9.01. The molecule has 4 heterocycles. The van der Waals surface area contributed by atoms with Crippen molar-refractivity contribution in [3.8, 4) is 33.9 Å². The minimum atomic E-state index is -0.691. The Bertz CT molecular complexity index is 2170. The molecule has 1 aliphatic carbocycles. The fourth-order valence-corrected chi connectivity index (χ4v) is 6.60. The Labute approximate surface area is 265 Å². The summed E-state index contributed by atoms with van der Waals surface area (Å²) < 4.78 is 23.5. The largest absolute Gasteiger partial charge is 0.339 e. The van der Waals surface area contributed by atoms with Crippen LogP contribution in [0.2, 0.25) is 0 Å². The SMILES string of the molecule is Cc1nc(-c2cnc3ccc(-c4cn(C(c5ccccc5)(c5ccccc5)C5C=CC=CC5)nc4-c4ccc(F)cc4)cn23)no1. The Morgan fingerprint density at radius 3 is 2.20 bits per heavy atom. The van der Waals surface area contributed by atoms with Crippen molar-refractivity contribution in [1.29, 1.82) is 0 Å². The van der Waals surface area contributed by atoms with Crippen LogP contribution in [0.15, 0.2) is 144 Å². The first-order valence-electron chi connectivity index (χ1n) is 15.2. The van der Waals surface area contributed by atoms with Crippen molar-refractivity contribution in [2.24, 2.45) is 5.92 Å². The molecule has 1 aliphatic rings. The van der Waals surface area contributed by atoms with Gasteiger partial charge in [-0.25, -0.2) is 9.37 Å². The predicted octanol–water partition coefficient (Wildman–Crippen LogP) is 8.29. The predicted molar refractivity (Wildman–Crippen MR) is 175 cm³/mol. The topological polar surface area (TPSA) is 74.0 Å². The van der Waals surface area contributed by atoms with Crippen LogP contribution in [0.3, 0.4) is 0 Å². The molecule has 0 radical (unpaired) electrons. The first kappa shape index (κ1) is 27.6. The lowest BCUT2D eigenvalue weighted by molar-refractivity contribution is 0.293. The van der Waals surface area contributed by atoms with Crippen molar-refractivity contribution in [2.75, 3.05) is 0 Å². The van der Waals surface area contributed by atoms with E-state index in [1.807, 2.05) is 34.9 Å². The van der Waals surface area contributed by atoms with E-state index in [0.29, 0.717) is 17.4 Å². The number of aromatic nitrogens is 6. The standard InChI is InChI=1S/C38H29FN6O/c1-26-41-37(43-46-26)34-23-40-35-22-19-28(24-44(34)35)33-25-45(42-36(33)27-17-20-32(39)21-18-27)38(29-11-5-2-6-12-29,30-13-7-3-8-14-30)31-15-9-4-10-16-31/h2-15,17-25,31H,16H2,1H3. The third-order valence-corrected chi connectivity index (χ3v) is 8.71. The number of halogens is 1. The minimum absolute atomic E-state index is 0.0559. The summed E-state index contributed by atoms with van der Waals surface area (Å²) in [6.45, 7) is 1.76. The van der Waals surface area contributed by atoms with Gasteiger partial charge in [-0.2, -0.15) is 10.1 Å². The Balaban J connectivity index is 1.41. The Morgan fingerprint density at radius 1 is 0.826 bits per heavy atom. The molecule has 1 atom stereocenters. The van der Waals surface area contributed by atoms with Crippen molar-refractivity contribution >= 4 is 5.65 Å². The number of nitrogens with zero attached hydrogens (tertiary/aromatic N) is 6. The lowest BCUT2D eigenvalue weighted by Crippen LogP contribution is -2.43. The minimum Gasteiger partial charge on any atom is -0.339 e. The van der Waals surface area contributed by atoms with Gasteiger partial charge < -0.3 is 4.52 Å². The number of aryl methyl sites for hydroxylation is 1. The highest BCUT2D eigenvalue weighted by Crippen LogP contribution is 2.46. The van der Waals surface area contributed by atoms with Gasteiger partial charge in [-0.3, -0.25) is 9.08 Å². The van der Waals surface area contributed by atoms with E-state index in [0.717, 1.165) is 45.6 Å². The molecule has 8 heteroatoms. The average molecular weight is 605 g/mol. The zero-order valence-corrected chi connectivity index (χ0v) is 25.0. The first-order valence-corrected chi connectivity index (χ1v) is 15.2. The number of fused-ring (bicyclic) bond motifs is 1. The Kier molecular flexibility index (Phi) is 6.75. The Hall–Kier alpha value is -5.89. The van der Waals surface area contributed by atoms with Gasteiger partial charge in [-0.05, 0) is 53.9 Å². The summed E-state index contributed by atoms with van der Waals surface area (Å²) in [5.74, 6) is 0.693. The van der Waals surface area contributed by atoms with Gasteiger partial charge in [0.15, 0.2) is 0 Å². The van der Waals surface area contributed by atoms with Gasteiger partial charge in [0, 0.05) is 41.9 Å². The van der Waals surface area contributed by atoms with E-state index in [1.54, 1.807) is 25.3 Å². The van der Waals surface area contributed by atoms with Crippen LogP contribution in [-0.4, -0.2) is 29.3 Å². The van der Waals surface area contributed by atoms with Crippen LogP contribution in [0.4, 0.5) is 4.39 Å². The van der Waals surface area contributed by atoms with Gasteiger partial charge in [0.2, 0.25) is 11.7 Å². The molecule has 3 aromatic carbocycles. The van der Waals surface area contributed by atoms with Crippen molar-refractivity contribution in [2.45, 2.75) is 18.9 Å². The van der Waals surface area contributed by atoms with E-state index in [2.05, 4.69) is 98.8 Å².